The van der Waals surface area contributed by atoms with Gasteiger partial charge in [-0.25, -0.2) is 0 Å². The van der Waals surface area contributed by atoms with E-state index in [9.17, 15) is 10.2 Å². The average Bonchev–Trinajstić information content (AvgIpc) is 2.76. The second kappa shape index (κ2) is 14.8. The fourth-order valence-electron chi connectivity index (χ4n) is 5.46. The summed E-state index contributed by atoms with van der Waals surface area (Å²) in [4.78, 5) is 0. The van der Waals surface area contributed by atoms with Gasteiger partial charge in [0, 0.05) is 5.92 Å². The van der Waals surface area contributed by atoms with Gasteiger partial charge in [-0.3, -0.25) is 0 Å². The maximum Gasteiger partial charge on any atom is 0.189 e. The lowest BCUT2D eigenvalue weighted by Gasteiger charge is -2.44. The second-order valence-electron chi connectivity index (χ2n) is 11.9. The second-order valence-corrected chi connectivity index (χ2v) is 11.9. The van der Waals surface area contributed by atoms with Crippen molar-refractivity contribution in [1.29, 1.82) is 0 Å². The van der Waals surface area contributed by atoms with Crippen molar-refractivity contribution in [3.63, 3.8) is 0 Å². The Bertz CT molecular complexity index is 754. The molecule has 0 spiro atoms. The molecule has 2 nitrogen and oxygen atoms in total. The molecule has 1 rings (SSSR count). The number of allylic oxidation sites excluding steroid dienone is 8. The predicted molar refractivity (Wildman–Crippen MR) is 154 cm³/mol. The Morgan fingerprint density at radius 1 is 1.03 bits per heavy atom. The number of rotatable bonds is 15. The summed E-state index contributed by atoms with van der Waals surface area (Å²) in [7, 11) is 0. The van der Waals surface area contributed by atoms with E-state index in [0.29, 0.717) is 11.8 Å². The zero-order chi connectivity index (χ0) is 26.6. The molecule has 0 amide bonds. The van der Waals surface area contributed by atoms with Crippen molar-refractivity contribution in [3.05, 3.63) is 72.4 Å². The monoisotopic (exact) mass is 482 g/mol. The molecule has 198 valence electrons. The Morgan fingerprint density at radius 3 is 1.94 bits per heavy atom. The van der Waals surface area contributed by atoms with Crippen LogP contribution in [0.2, 0.25) is 0 Å². The van der Waals surface area contributed by atoms with E-state index in [1.54, 1.807) is 6.08 Å². The largest absolute Gasteiger partial charge is 0.362 e. The number of aliphatic hydroxyl groups is 2. The smallest absolute Gasteiger partial charge is 0.189 e. The van der Waals surface area contributed by atoms with Gasteiger partial charge in [0.2, 0.25) is 0 Å². The number of hydrogen-bond acceptors (Lipinski definition) is 2. The first-order valence-electron chi connectivity index (χ1n) is 13.7. The molecule has 0 aromatic rings. The summed E-state index contributed by atoms with van der Waals surface area (Å²) in [5, 5.41) is 22.4. The van der Waals surface area contributed by atoms with E-state index in [4.69, 9.17) is 0 Å². The summed E-state index contributed by atoms with van der Waals surface area (Å²) >= 11 is 0. The zero-order valence-corrected chi connectivity index (χ0v) is 23.8. The van der Waals surface area contributed by atoms with Crippen LogP contribution in [0.4, 0.5) is 0 Å². The summed E-state index contributed by atoms with van der Waals surface area (Å²) in [6, 6.07) is 0. The van der Waals surface area contributed by atoms with Gasteiger partial charge in [0.15, 0.2) is 5.79 Å². The van der Waals surface area contributed by atoms with Gasteiger partial charge in [-0.15, -0.1) is 13.2 Å². The highest BCUT2D eigenvalue weighted by molar-refractivity contribution is 5.20. The molecule has 2 N–H and O–H groups in total. The highest BCUT2D eigenvalue weighted by Crippen LogP contribution is 2.46. The fraction of sp³-hybridized carbons (Fsp3) is 0.636. The van der Waals surface area contributed by atoms with Gasteiger partial charge < -0.3 is 10.2 Å². The summed E-state index contributed by atoms with van der Waals surface area (Å²) in [6.45, 7) is 22.9. The summed E-state index contributed by atoms with van der Waals surface area (Å²) in [6.07, 6.45) is 22.7. The number of hydrogen-bond donors (Lipinski definition) is 2. The highest BCUT2D eigenvalue weighted by atomic mass is 16.5. The van der Waals surface area contributed by atoms with E-state index in [2.05, 4.69) is 79.0 Å². The Hall–Kier alpha value is -1.64. The molecule has 0 fully saturated rings. The SMILES string of the molecule is C=CC(C)CCC=C(C)CC(C=CC(O)(O)C1C(C)=CCCC1(C)C)CC(C)=CCCC(C)C=C. The van der Waals surface area contributed by atoms with E-state index in [0.717, 1.165) is 56.9 Å². The molecule has 0 radical (unpaired) electrons. The molecule has 1 aliphatic rings. The summed E-state index contributed by atoms with van der Waals surface area (Å²) in [5.74, 6) is -0.869. The molecule has 0 bridgehead atoms. The molecule has 3 unspecified atom stereocenters. The molecule has 0 aromatic carbocycles. The first-order valence-corrected chi connectivity index (χ1v) is 13.7. The van der Waals surface area contributed by atoms with Gasteiger partial charge in [0.25, 0.3) is 0 Å². The van der Waals surface area contributed by atoms with Crippen LogP contribution in [0.1, 0.15) is 99.8 Å². The normalized spacial score (nSPS) is 22.0. The van der Waals surface area contributed by atoms with E-state index in [1.165, 1.54) is 11.1 Å². The van der Waals surface area contributed by atoms with Gasteiger partial charge in [-0.1, -0.05) is 80.9 Å². The molecule has 1 aliphatic carbocycles. The van der Waals surface area contributed by atoms with E-state index < -0.39 is 5.79 Å². The Morgan fingerprint density at radius 2 is 1.51 bits per heavy atom. The van der Waals surface area contributed by atoms with Crippen molar-refractivity contribution < 1.29 is 10.2 Å². The lowest BCUT2D eigenvalue weighted by molar-refractivity contribution is -0.178. The van der Waals surface area contributed by atoms with Crippen molar-refractivity contribution in [2.75, 3.05) is 0 Å². The minimum Gasteiger partial charge on any atom is -0.362 e. The van der Waals surface area contributed by atoms with Crippen LogP contribution in [-0.4, -0.2) is 16.0 Å². The van der Waals surface area contributed by atoms with Crippen molar-refractivity contribution in [2.24, 2.45) is 29.1 Å². The van der Waals surface area contributed by atoms with Crippen LogP contribution in [0.3, 0.4) is 0 Å². The van der Waals surface area contributed by atoms with Crippen LogP contribution >= 0.6 is 0 Å². The maximum atomic E-state index is 11.2. The molecular formula is C33H54O2. The summed E-state index contributed by atoms with van der Waals surface area (Å²) < 4.78 is 0. The van der Waals surface area contributed by atoms with Gasteiger partial charge in [0.05, 0.1) is 0 Å². The van der Waals surface area contributed by atoms with E-state index in [-0.39, 0.29) is 17.3 Å². The molecule has 0 heterocycles. The summed E-state index contributed by atoms with van der Waals surface area (Å²) in [5.41, 5.74) is 3.64. The highest BCUT2D eigenvalue weighted by Gasteiger charge is 2.45. The fourth-order valence-corrected chi connectivity index (χ4v) is 5.46. The molecule has 35 heavy (non-hydrogen) atoms. The van der Waals surface area contributed by atoms with Gasteiger partial charge in [0.1, 0.15) is 0 Å². The third-order valence-electron chi connectivity index (χ3n) is 7.73. The van der Waals surface area contributed by atoms with Crippen LogP contribution < -0.4 is 0 Å². The minimum atomic E-state index is -1.85. The molecule has 0 aliphatic heterocycles. The van der Waals surface area contributed by atoms with Crippen molar-refractivity contribution in [2.45, 2.75) is 106 Å². The first-order chi connectivity index (χ1) is 16.3. The molecule has 0 aromatic heterocycles. The zero-order valence-electron chi connectivity index (χ0n) is 23.8. The molecule has 0 saturated carbocycles. The van der Waals surface area contributed by atoms with Crippen LogP contribution in [0.15, 0.2) is 72.4 Å². The lowest BCUT2D eigenvalue weighted by Crippen LogP contribution is -2.46. The van der Waals surface area contributed by atoms with Crippen molar-refractivity contribution in [3.8, 4) is 0 Å². The predicted octanol–water partition coefficient (Wildman–Crippen LogP) is 9.10. The van der Waals surface area contributed by atoms with Crippen LogP contribution in [-0.2, 0) is 0 Å². The quantitative estimate of drug-likeness (QED) is 0.180. The maximum absolute atomic E-state index is 11.2. The average molecular weight is 483 g/mol. The van der Waals surface area contributed by atoms with E-state index in [1.807, 2.05) is 19.1 Å². The van der Waals surface area contributed by atoms with Crippen molar-refractivity contribution in [1.82, 2.24) is 0 Å². The van der Waals surface area contributed by atoms with E-state index >= 15 is 0 Å². The van der Waals surface area contributed by atoms with Crippen LogP contribution in [0.5, 0.6) is 0 Å². The Labute approximate surface area is 217 Å². The molecule has 3 atom stereocenters. The molecule has 0 saturated heterocycles. The van der Waals surface area contributed by atoms with Crippen molar-refractivity contribution >= 4 is 0 Å². The minimum absolute atomic E-state index is 0.155. The topological polar surface area (TPSA) is 40.5 Å². The first kappa shape index (κ1) is 31.4. The van der Waals surface area contributed by atoms with Crippen LogP contribution in [0.25, 0.3) is 0 Å². The molecular weight excluding hydrogens is 428 g/mol. The Balaban J connectivity index is 3.05. The third kappa shape index (κ3) is 11.3. The molecule has 2 heteroatoms. The van der Waals surface area contributed by atoms with Gasteiger partial charge in [-0.2, -0.15) is 0 Å². The third-order valence-corrected chi connectivity index (χ3v) is 7.73. The Kier molecular flexibility index (Phi) is 13.3. The standard InChI is InChI=1S/C33H54O2/c1-10-25(3)15-12-17-27(5)23-30(24-28(6)18-13-16-26(4)11-2)20-22-33(34,35)31-29(7)19-14-21-32(31,8)9/h10-11,17-20,22,25-26,30-31,34-35H,1-2,12-16,21,23-24H2,3-9H3. The van der Waals surface area contributed by atoms with Crippen LogP contribution in [0, 0.1) is 29.1 Å². The van der Waals surface area contributed by atoms with Gasteiger partial charge >= 0.3 is 0 Å². The lowest BCUT2D eigenvalue weighted by atomic mass is 9.65. The van der Waals surface area contributed by atoms with Gasteiger partial charge in [-0.05, 0) is 101 Å².